The average Bonchev–Trinajstić information content (AvgIpc) is 2.69. The normalized spacial score (nSPS) is 10.3. The lowest BCUT2D eigenvalue weighted by atomic mass is 10.2. The van der Waals surface area contributed by atoms with E-state index in [1.807, 2.05) is 18.2 Å². The van der Waals surface area contributed by atoms with Gasteiger partial charge in [-0.25, -0.2) is 4.98 Å². The van der Waals surface area contributed by atoms with Crippen LogP contribution in [0.5, 0.6) is 0 Å². The molecule has 0 bridgehead atoms. The molecule has 2 aromatic heterocycles. The maximum Gasteiger partial charge on any atom is 0.252 e. The molecule has 0 spiro atoms. The number of pyridine rings is 1. The fourth-order valence-electron chi connectivity index (χ4n) is 2.19. The molecule has 2 heterocycles. The van der Waals surface area contributed by atoms with Crippen molar-refractivity contribution < 1.29 is 4.79 Å². The van der Waals surface area contributed by atoms with Crippen molar-refractivity contribution in [2.24, 2.45) is 0 Å². The summed E-state index contributed by atoms with van der Waals surface area (Å²) in [5, 5.41) is 17.8. The van der Waals surface area contributed by atoms with E-state index in [-0.39, 0.29) is 5.91 Å². The van der Waals surface area contributed by atoms with Crippen molar-refractivity contribution in [2.45, 2.75) is 0 Å². The first-order chi connectivity index (χ1) is 13.1. The number of halogens is 2. The van der Waals surface area contributed by atoms with Crippen LogP contribution in [-0.2, 0) is 0 Å². The van der Waals surface area contributed by atoms with E-state index in [0.717, 1.165) is 0 Å². The number of carbonyl (C=O) groups is 1. The molecule has 3 N–H and O–H groups in total. The number of benzene rings is 1. The highest BCUT2D eigenvalue weighted by molar-refractivity contribution is 6.35. The Labute approximate surface area is 166 Å². The van der Waals surface area contributed by atoms with Gasteiger partial charge in [-0.3, -0.25) is 4.79 Å². The van der Waals surface area contributed by atoms with Crippen molar-refractivity contribution in [2.75, 3.05) is 23.7 Å². The summed E-state index contributed by atoms with van der Waals surface area (Å²) in [5.41, 5.74) is 0.342. The number of aromatic nitrogens is 3. The van der Waals surface area contributed by atoms with Gasteiger partial charge in [-0.2, -0.15) is 0 Å². The molecule has 9 heteroatoms. The summed E-state index contributed by atoms with van der Waals surface area (Å²) in [6.07, 6.45) is 1.69. The molecule has 1 aromatic carbocycles. The molecular weight excluding hydrogens is 387 g/mol. The maximum atomic E-state index is 12.1. The molecule has 7 nitrogen and oxygen atoms in total. The Balaban J connectivity index is 1.45. The van der Waals surface area contributed by atoms with Crippen LogP contribution in [0.25, 0.3) is 0 Å². The summed E-state index contributed by atoms with van der Waals surface area (Å²) in [7, 11) is 0. The van der Waals surface area contributed by atoms with Gasteiger partial charge in [-0.1, -0.05) is 29.3 Å². The molecule has 0 unspecified atom stereocenters. The van der Waals surface area contributed by atoms with Gasteiger partial charge in [0.2, 0.25) is 0 Å². The van der Waals surface area contributed by atoms with Gasteiger partial charge in [0.15, 0.2) is 5.82 Å². The minimum atomic E-state index is -0.287. The first-order valence-corrected chi connectivity index (χ1v) is 8.86. The predicted molar refractivity (Wildman–Crippen MR) is 107 cm³/mol. The zero-order valence-corrected chi connectivity index (χ0v) is 15.6. The van der Waals surface area contributed by atoms with Crippen molar-refractivity contribution in [3.8, 4) is 0 Å². The number of anilines is 3. The van der Waals surface area contributed by atoms with Gasteiger partial charge >= 0.3 is 0 Å². The smallest absolute Gasteiger partial charge is 0.252 e. The van der Waals surface area contributed by atoms with Crippen molar-refractivity contribution in [1.82, 2.24) is 20.5 Å². The quantitative estimate of drug-likeness (QED) is 0.521. The minimum absolute atomic E-state index is 0.287. The average molecular weight is 403 g/mol. The third-order valence-electron chi connectivity index (χ3n) is 3.48. The van der Waals surface area contributed by atoms with Gasteiger partial charge < -0.3 is 16.0 Å². The summed E-state index contributed by atoms with van der Waals surface area (Å²) in [6, 6.07) is 13.9. The van der Waals surface area contributed by atoms with E-state index in [9.17, 15) is 4.79 Å². The van der Waals surface area contributed by atoms with Crippen LogP contribution in [0.2, 0.25) is 10.0 Å². The number of rotatable bonds is 7. The number of hydrogen-bond donors (Lipinski definition) is 3. The van der Waals surface area contributed by atoms with E-state index in [1.54, 1.807) is 30.5 Å². The fourth-order valence-corrected chi connectivity index (χ4v) is 2.57. The Bertz CT molecular complexity index is 905. The molecule has 3 aromatic rings. The van der Waals surface area contributed by atoms with Crippen LogP contribution in [0.15, 0.2) is 54.7 Å². The van der Waals surface area contributed by atoms with Crippen LogP contribution in [0.4, 0.5) is 17.5 Å². The van der Waals surface area contributed by atoms with Crippen molar-refractivity contribution in [1.29, 1.82) is 0 Å². The van der Waals surface area contributed by atoms with Gasteiger partial charge in [0.25, 0.3) is 5.91 Å². The molecule has 0 saturated carbocycles. The molecular formula is C18H16Cl2N6O. The summed E-state index contributed by atoms with van der Waals surface area (Å²) in [5.74, 6) is 1.58. The third kappa shape index (κ3) is 5.54. The molecule has 27 heavy (non-hydrogen) atoms. The molecule has 0 aliphatic heterocycles. The third-order valence-corrected chi connectivity index (χ3v) is 4.04. The van der Waals surface area contributed by atoms with Gasteiger partial charge in [0.05, 0.1) is 10.6 Å². The number of nitrogens with one attached hydrogen (secondary N) is 3. The minimum Gasteiger partial charge on any atom is -0.367 e. The van der Waals surface area contributed by atoms with Crippen LogP contribution < -0.4 is 16.0 Å². The second-order valence-corrected chi connectivity index (χ2v) is 6.29. The van der Waals surface area contributed by atoms with Crippen LogP contribution in [-0.4, -0.2) is 34.2 Å². The fraction of sp³-hybridized carbons (Fsp3) is 0.111. The molecule has 1 amide bonds. The standard InChI is InChI=1S/C18H16Cl2N6O/c19-12-4-5-14(20)13(11-12)18(27)23-10-9-22-16-6-7-17(26-25-16)24-15-3-1-2-8-21-15/h1-8,11H,9-10H2,(H,22,25)(H,23,27)(H,21,24,26). The molecule has 0 radical (unpaired) electrons. The van der Waals surface area contributed by atoms with E-state index >= 15 is 0 Å². The second kappa shape index (κ2) is 9.16. The zero-order valence-electron chi connectivity index (χ0n) is 14.1. The first kappa shape index (κ1) is 18.9. The largest absolute Gasteiger partial charge is 0.367 e. The molecule has 138 valence electrons. The molecule has 0 saturated heterocycles. The second-order valence-electron chi connectivity index (χ2n) is 5.45. The van der Waals surface area contributed by atoms with Gasteiger partial charge in [-0.15, -0.1) is 10.2 Å². The van der Waals surface area contributed by atoms with Crippen LogP contribution in [0.3, 0.4) is 0 Å². The highest BCUT2D eigenvalue weighted by atomic mass is 35.5. The SMILES string of the molecule is O=C(NCCNc1ccc(Nc2ccccn2)nn1)c1cc(Cl)ccc1Cl. The summed E-state index contributed by atoms with van der Waals surface area (Å²) >= 11 is 11.9. The van der Waals surface area contributed by atoms with Crippen LogP contribution in [0, 0.1) is 0 Å². The highest BCUT2D eigenvalue weighted by Gasteiger charge is 2.10. The number of carbonyl (C=O) groups excluding carboxylic acids is 1. The van der Waals surface area contributed by atoms with E-state index < -0.39 is 0 Å². The predicted octanol–water partition coefficient (Wildman–Crippen LogP) is 3.76. The Morgan fingerprint density at radius 3 is 2.48 bits per heavy atom. The lowest BCUT2D eigenvalue weighted by Gasteiger charge is -2.09. The Morgan fingerprint density at radius 2 is 1.74 bits per heavy atom. The number of amides is 1. The molecule has 0 aliphatic carbocycles. The van der Waals surface area contributed by atoms with Crippen molar-refractivity contribution in [3.63, 3.8) is 0 Å². The first-order valence-electron chi connectivity index (χ1n) is 8.11. The highest BCUT2D eigenvalue weighted by Crippen LogP contribution is 2.20. The van der Waals surface area contributed by atoms with E-state index in [2.05, 4.69) is 31.1 Å². The van der Waals surface area contributed by atoms with Gasteiger partial charge in [0.1, 0.15) is 11.6 Å². The molecule has 0 atom stereocenters. The molecule has 0 aliphatic rings. The lowest BCUT2D eigenvalue weighted by molar-refractivity contribution is 0.0955. The number of nitrogens with zero attached hydrogens (tertiary/aromatic N) is 3. The van der Waals surface area contributed by atoms with Crippen molar-refractivity contribution >= 4 is 46.6 Å². The molecule has 0 fully saturated rings. The monoisotopic (exact) mass is 402 g/mol. The van der Waals surface area contributed by atoms with Crippen molar-refractivity contribution in [3.05, 3.63) is 70.3 Å². The summed E-state index contributed by atoms with van der Waals surface area (Å²) in [4.78, 5) is 16.3. The van der Waals surface area contributed by atoms with Crippen LogP contribution >= 0.6 is 23.2 Å². The topological polar surface area (TPSA) is 91.8 Å². The van der Waals surface area contributed by atoms with Crippen LogP contribution in [0.1, 0.15) is 10.4 Å². The lowest BCUT2D eigenvalue weighted by Crippen LogP contribution is -2.29. The summed E-state index contributed by atoms with van der Waals surface area (Å²) < 4.78 is 0. The Hall–Kier alpha value is -2.90. The van der Waals surface area contributed by atoms with E-state index in [1.165, 1.54) is 6.07 Å². The van der Waals surface area contributed by atoms with Gasteiger partial charge in [-0.05, 0) is 42.5 Å². The molecule has 3 rings (SSSR count). The van der Waals surface area contributed by atoms with Gasteiger partial charge in [0, 0.05) is 24.3 Å². The maximum absolute atomic E-state index is 12.1. The summed E-state index contributed by atoms with van der Waals surface area (Å²) in [6.45, 7) is 0.864. The number of hydrogen-bond acceptors (Lipinski definition) is 6. The Morgan fingerprint density at radius 1 is 0.926 bits per heavy atom. The zero-order chi connectivity index (χ0) is 19.1. The Kier molecular flexibility index (Phi) is 6.40. The van der Waals surface area contributed by atoms with E-state index in [4.69, 9.17) is 23.2 Å². The van der Waals surface area contributed by atoms with E-state index in [0.29, 0.717) is 46.2 Å².